The molecule has 1 fully saturated rings. The maximum absolute atomic E-state index is 12.8. The Morgan fingerprint density at radius 3 is 2.14 bits per heavy atom. The van der Waals surface area contributed by atoms with Crippen molar-refractivity contribution in [3.63, 3.8) is 0 Å². The smallest absolute Gasteiger partial charge is 0.394 e. The third-order valence-electron chi connectivity index (χ3n) is 4.30. The first-order valence-electron chi connectivity index (χ1n) is 7.63. The van der Waals surface area contributed by atoms with Crippen molar-refractivity contribution < 1.29 is 27.9 Å². The highest BCUT2D eigenvalue weighted by Gasteiger charge is 2.48. The lowest BCUT2D eigenvalue weighted by atomic mass is 9.85. The topological polar surface area (TPSA) is 66.4 Å². The zero-order chi connectivity index (χ0) is 17.0. The molecular weight excluding hydrogens is 299 g/mol. The van der Waals surface area contributed by atoms with E-state index in [0.717, 1.165) is 39.5 Å². The number of carboxylic acids is 1. The predicted molar refractivity (Wildman–Crippen MR) is 75.2 cm³/mol. The van der Waals surface area contributed by atoms with E-state index in [1.54, 1.807) is 0 Å². The highest BCUT2D eigenvalue weighted by Crippen LogP contribution is 2.40. The average molecular weight is 323 g/mol. The molecule has 0 saturated heterocycles. The van der Waals surface area contributed by atoms with Crippen LogP contribution in [0.25, 0.3) is 0 Å². The molecule has 1 aliphatic rings. The first-order chi connectivity index (χ1) is 10.0. The lowest BCUT2D eigenvalue weighted by molar-refractivity contribution is -0.214. The molecule has 1 amide bonds. The molecule has 22 heavy (non-hydrogen) atoms. The van der Waals surface area contributed by atoms with E-state index >= 15 is 0 Å². The van der Waals surface area contributed by atoms with Crippen LogP contribution in [-0.2, 0) is 9.59 Å². The molecule has 0 aromatic heterocycles. The molecule has 0 heterocycles. The fourth-order valence-electron chi connectivity index (χ4n) is 2.71. The SMILES string of the molecule is CC(C)(CC(=O)NC1CCCCCCC1C(=O)O)C(F)(F)F. The monoisotopic (exact) mass is 323 g/mol. The maximum Gasteiger partial charge on any atom is 0.394 e. The van der Waals surface area contributed by atoms with Crippen molar-refractivity contribution in [2.75, 3.05) is 0 Å². The van der Waals surface area contributed by atoms with E-state index in [-0.39, 0.29) is 0 Å². The Balaban J connectivity index is 2.72. The number of alkyl halides is 3. The van der Waals surface area contributed by atoms with Gasteiger partial charge in [0.2, 0.25) is 5.91 Å². The normalized spacial score (nSPS) is 24.2. The minimum Gasteiger partial charge on any atom is -0.481 e. The van der Waals surface area contributed by atoms with Crippen LogP contribution < -0.4 is 5.32 Å². The predicted octanol–water partition coefficient (Wildman–Crippen LogP) is 3.50. The van der Waals surface area contributed by atoms with Crippen LogP contribution in [0.1, 0.15) is 58.8 Å². The number of hydrogen-bond acceptors (Lipinski definition) is 2. The van der Waals surface area contributed by atoms with Crippen LogP contribution in [-0.4, -0.2) is 29.2 Å². The molecule has 2 atom stereocenters. The lowest BCUT2D eigenvalue weighted by Crippen LogP contribution is -2.46. The first kappa shape index (κ1) is 18.8. The number of carbonyl (C=O) groups is 2. The van der Waals surface area contributed by atoms with Gasteiger partial charge in [-0.25, -0.2) is 0 Å². The Labute approximate surface area is 128 Å². The van der Waals surface area contributed by atoms with E-state index in [1.807, 2.05) is 0 Å². The fourth-order valence-corrected chi connectivity index (χ4v) is 2.71. The van der Waals surface area contributed by atoms with E-state index < -0.39 is 41.8 Å². The number of carboxylic acid groups (broad SMARTS) is 1. The Hall–Kier alpha value is -1.27. The van der Waals surface area contributed by atoms with Gasteiger partial charge in [-0.05, 0) is 12.8 Å². The van der Waals surface area contributed by atoms with Crippen molar-refractivity contribution in [3.8, 4) is 0 Å². The molecule has 0 aromatic rings. The minimum absolute atomic E-state index is 0.447. The Kier molecular flexibility index (Phi) is 6.26. The fraction of sp³-hybridized carbons (Fsp3) is 0.867. The molecule has 0 aromatic carbocycles. The van der Waals surface area contributed by atoms with E-state index in [0.29, 0.717) is 12.8 Å². The van der Waals surface area contributed by atoms with Crippen molar-refractivity contribution in [2.24, 2.45) is 11.3 Å². The number of aliphatic carboxylic acids is 1. The summed E-state index contributed by atoms with van der Waals surface area (Å²) >= 11 is 0. The van der Waals surface area contributed by atoms with Crippen molar-refractivity contribution in [3.05, 3.63) is 0 Å². The average Bonchev–Trinajstić information content (AvgIpc) is 2.30. The summed E-state index contributed by atoms with van der Waals surface area (Å²) in [4.78, 5) is 23.3. The van der Waals surface area contributed by atoms with Crippen molar-refractivity contribution in [1.29, 1.82) is 0 Å². The van der Waals surface area contributed by atoms with Crippen LogP contribution in [0.2, 0.25) is 0 Å². The molecule has 2 unspecified atom stereocenters. The van der Waals surface area contributed by atoms with Gasteiger partial charge in [0.05, 0.1) is 11.3 Å². The molecule has 0 bridgehead atoms. The summed E-state index contributed by atoms with van der Waals surface area (Å²) in [6.45, 7) is 1.94. The molecule has 0 spiro atoms. The number of rotatable bonds is 4. The zero-order valence-electron chi connectivity index (χ0n) is 13.0. The summed E-state index contributed by atoms with van der Waals surface area (Å²) in [5, 5.41) is 11.8. The van der Waals surface area contributed by atoms with E-state index in [4.69, 9.17) is 0 Å². The van der Waals surface area contributed by atoms with Crippen LogP contribution in [0, 0.1) is 11.3 Å². The van der Waals surface area contributed by atoms with Gasteiger partial charge in [-0.15, -0.1) is 0 Å². The van der Waals surface area contributed by atoms with Gasteiger partial charge in [0.25, 0.3) is 0 Å². The third-order valence-corrected chi connectivity index (χ3v) is 4.30. The second kappa shape index (κ2) is 7.33. The second-order valence-corrected chi connectivity index (χ2v) is 6.67. The molecule has 128 valence electrons. The number of nitrogens with one attached hydrogen (secondary N) is 1. The Morgan fingerprint density at radius 2 is 1.64 bits per heavy atom. The van der Waals surface area contributed by atoms with Crippen molar-refractivity contribution in [2.45, 2.75) is 71.0 Å². The summed E-state index contributed by atoms with van der Waals surface area (Å²) in [5.74, 6) is -2.46. The standard InChI is InChI=1S/C15H24F3NO3/c1-14(2,15(16,17)18)9-12(20)19-11-8-6-4-3-5-7-10(11)13(21)22/h10-11H,3-9H2,1-2H3,(H,19,20)(H,21,22). The summed E-state index contributed by atoms with van der Waals surface area (Å²) in [7, 11) is 0. The van der Waals surface area contributed by atoms with Crippen LogP contribution in [0.3, 0.4) is 0 Å². The second-order valence-electron chi connectivity index (χ2n) is 6.67. The van der Waals surface area contributed by atoms with E-state index in [2.05, 4.69) is 5.32 Å². The van der Waals surface area contributed by atoms with Gasteiger partial charge in [-0.2, -0.15) is 13.2 Å². The number of halogens is 3. The Bertz CT molecular complexity index is 407. The van der Waals surface area contributed by atoms with Gasteiger partial charge in [0, 0.05) is 12.5 Å². The van der Waals surface area contributed by atoms with Crippen LogP contribution in [0.15, 0.2) is 0 Å². The summed E-state index contributed by atoms with van der Waals surface area (Å²) < 4.78 is 38.5. The molecule has 4 nitrogen and oxygen atoms in total. The highest BCUT2D eigenvalue weighted by atomic mass is 19.4. The highest BCUT2D eigenvalue weighted by molar-refractivity contribution is 5.78. The van der Waals surface area contributed by atoms with Crippen LogP contribution in [0.5, 0.6) is 0 Å². The molecule has 1 rings (SSSR count). The van der Waals surface area contributed by atoms with Gasteiger partial charge < -0.3 is 10.4 Å². The van der Waals surface area contributed by atoms with Crippen LogP contribution in [0.4, 0.5) is 13.2 Å². The third kappa shape index (κ3) is 5.18. The van der Waals surface area contributed by atoms with Crippen molar-refractivity contribution in [1.82, 2.24) is 5.32 Å². The van der Waals surface area contributed by atoms with Gasteiger partial charge in [-0.3, -0.25) is 9.59 Å². The molecule has 1 saturated carbocycles. The number of carbonyl (C=O) groups excluding carboxylic acids is 1. The molecule has 7 heteroatoms. The Morgan fingerprint density at radius 1 is 1.09 bits per heavy atom. The number of amides is 1. The van der Waals surface area contributed by atoms with Crippen LogP contribution >= 0.6 is 0 Å². The van der Waals surface area contributed by atoms with Gasteiger partial charge >= 0.3 is 12.1 Å². The largest absolute Gasteiger partial charge is 0.481 e. The van der Waals surface area contributed by atoms with Gasteiger partial charge in [-0.1, -0.05) is 39.5 Å². The van der Waals surface area contributed by atoms with Crippen molar-refractivity contribution >= 4 is 11.9 Å². The quantitative estimate of drug-likeness (QED) is 0.832. The van der Waals surface area contributed by atoms with E-state index in [1.165, 1.54) is 0 Å². The maximum atomic E-state index is 12.8. The van der Waals surface area contributed by atoms with Gasteiger partial charge in [0.1, 0.15) is 0 Å². The summed E-state index contributed by atoms with van der Waals surface area (Å²) in [5.41, 5.74) is -2.13. The molecule has 0 radical (unpaired) electrons. The summed E-state index contributed by atoms with van der Waals surface area (Å²) in [6, 6.07) is -0.589. The molecule has 1 aliphatic carbocycles. The molecular formula is C15H24F3NO3. The molecule has 2 N–H and O–H groups in total. The number of hydrogen-bond donors (Lipinski definition) is 2. The summed E-state index contributed by atoms with van der Waals surface area (Å²) in [6.07, 6.45) is -0.790. The molecule has 0 aliphatic heterocycles. The first-order valence-corrected chi connectivity index (χ1v) is 7.63. The van der Waals surface area contributed by atoms with Gasteiger partial charge in [0.15, 0.2) is 0 Å². The van der Waals surface area contributed by atoms with E-state index in [9.17, 15) is 27.9 Å². The zero-order valence-corrected chi connectivity index (χ0v) is 13.0. The lowest BCUT2D eigenvalue weighted by Gasteiger charge is -2.30. The minimum atomic E-state index is -4.47.